The predicted octanol–water partition coefficient (Wildman–Crippen LogP) is 6.90. The van der Waals surface area contributed by atoms with Gasteiger partial charge >= 0.3 is 0 Å². The topological polar surface area (TPSA) is 95.6 Å². The number of amides is 4. The van der Waals surface area contributed by atoms with Crippen LogP contribution in [0.5, 0.6) is 0 Å². The fraction of sp³-hybridized carbons (Fsp3) is 0.118. The van der Waals surface area contributed by atoms with Crippen molar-refractivity contribution in [1.82, 2.24) is 5.32 Å². The number of nitrogens with zero attached hydrogens (tertiary/aromatic N) is 1. The Kier molecular flexibility index (Phi) is 9.23. The molecule has 5 rings (SSSR count). The van der Waals surface area contributed by atoms with Gasteiger partial charge in [0.25, 0.3) is 11.8 Å². The molecule has 1 heterocycles. The van der Waals surface area contributed by atoms with Crippen molar-refractivity contribution in [1.29, 1.82) is 0 Å². The monoisotopic (exact) mass is 653 g/mol. The quantitative estimate of drug-likeness (QED) is 0.159. The first kappa shape index (κ1) is 30.0. The minimum atomic E-state index is -0.542. The molecule has 1 saturated heterocycles. The van der Waals surface area contributed by atoms with E-state index in [4.69, 9.17) is 0 Å². The van der Waals surface area contributed by atoms with E-state index in [-0.39, 0.29) is 23.9 Å². The number of rotatable bonds is 8. The zero-order valence-electron chi connectivity index (χ0n) is 23.5. The standard InChI is InChI=1S/C34H28BrN3O4S/c1-21-8-6-9-22(2)31(21)38-30(39)20-29(34(38)42)43-27-16-14-26(15-17-27)36-33(41)28(19-23-10-7-13-25(35)18-23)37-32(40)24-11-4-3-5-12-24/h3-19,29H,20H2,1-2H3,(H,36,41)(H,37,40)/b28-19-. The maximum absolute atomic E-state index is 13.3. The smallest absolute Gasteiger partial charge is 0.272 e. The Morgan fingerprint density at radius 2 is 1.56 bits per heavy atom. The lowest BCUT2D eigenvalue weighted by Gasteiger charge is -2.19. The Morgan fingerprint density at radius 1 is 0.884 bits per heavy atom. The van der Waals surface area contributed by atoms with Crippen LogP contribution in [0.1, 0.15) is 33.5 Å². The van der Waals surface area contributed by atoms with Gasteiger partial charge in [-0.3, -0.25) is 19.2 Å². The van der Waals surface area contributed by atoms with Crippen molar-refractivity contribution in [3.63, 3.8) is 0 Å². The highest BCUT2D eigenvalue weighted by molar-refractivity contribution is 9.10. The number of anilines is 2. The molecule has 1 unspecified atom stereocenters. The van der Waals surface area contributed by atoms with E-state index in [1.165, 1.54) is 16.7 Å². The van der Waals surface area contributed by atoms with E-state index in [0.29, 0.717) is 16.9 Å². The fourth-order valence-electron chi connectivity index (χ4n) is 4.77. The van der Waals surface area contributed by atoms with Crippen molar-refractivity contribution < 1.29 is 19.2 Å². The molecule has 1 aliphatic rings. The van der Waals surface area contributed by atoms with Crippen LogP contribution >= 0.6 is 27.7 Å². The maximum atomic E-state index is 13.3. The first-order valence-electron chi connectivity index (χ1n) is 13.5. The van der Waals surface area contributed by atoms with E-state index >= 15 is 0 Å². The van der Waals surface area contributed by atoms with Crippen LogP contribution < -0.4 is 15.5 Å². The number of hydrogen-bond acceptors (Lipinski definition) is 5. The second-order valence-electron chi connectivity index (χ2n) is 10.0. The second kappa shape index (κ2) is 13.2. The summed E-state index contributed by atoms with van der Waals surface area (Å²) in [5, 5.41) is 5.03. The molecule has 0 aromatic heterocycles. The van der Waals surface area contributed by atoms with Gasteiger partial charge < -0.3 is 10.6 Å². The number of thioether (sulfide) groups is 1. The van der Waals surface area contributed by atoms with Gasteiger partial charge in [0.1, 0.15) is 5.70 Å². The Morgan fingerprint density at radius 3 is 2.23 bits per heavy atom. The number of carbonyl (C=O) groups excluding carboxylic acids is 4. The molecule has 43 heavy (non-hydrogen) atoms. The van der Waals surface area contributed by atoms with Crippen LogP contribution in [0, 0.1) is 13.8 Å². The summed E-state index contributed by atoms with van der Waals surface area (Å²) in [5.74, 6) is -1.35. The summed E-state index contributed by atoms with van der Waals surface area (Å²) in [6.45, 7) is 3.78. The highest BCUT2D eigenvalue weighted by atomic mass is 79.9. The molecule has 0 aliphatic carbocycles. The highest BCUT2D eigenvalue weighted by Gasteiger charge is 2.41. The van der Waals surface area contributed by atoms with E-state index in [9.17, 15) is 19.2 Å². The summed E-state index contributed by atoms with van der Waals surface area (Å²) in [6, 6.07) is 28.8. The van der Waals surface area contributed by atoms with Gasteiger partial charge in [-0.15, -0.1) is 11.8 Å². The number of benzene rings is 4. The summed E-state index contributed by atoms with van der Waals surface area (Å²) in [6.07, 6.45) is 1.72. The third kappa shape index (κ3) is 7.13. The Hall–Kier alpha value is -4.47. The third-order valence-corrected chi connectivity index (χ3v) is 8.54. The lowest BCUT2D eigenvalue weighted by atomic mass is 10.1. The minimum absolute atomic E-state index is 0.0760. The van der Waals surface area contributed by atoms with Crippen LogP contribution in [-0.4, -0.2) is 28.9 Å². The summed E-state index contributed by atoms with van der Waals surface area (Å²) in [4.78, 5) is 54.4. The molecule has 1 fully saturated rings. The van der Waals surface area contributed by atoms with Crippen LogP contribution in [0.4, 0.5) is 11.4 Å². The molecule has 0 spiro atoms. The van der Waals surface area contributed by atoms with Crippen molar-refractivity contribution in [2.45, 2.75) is 30.4 Å². The Balaban J connectivity index is 1.29. The molecule has 1 aliphatic heterocycles. The summed E-state index contributed by atoms with van der Waals surface area (Å²) in [7, 11) is 0. The van der Waals surface area contributed by atoms with Gasteiger partial charge in [0, 0.05) is 27.0 Å². The van der Waals surface area contributed by atoms with Crippen LogP contribution in [0.2, 0.25) is 0 Å². The van der Waals surface area contributed by atoms with Gasteiger partial charge in [-0.05, 0) is 85.1 Å². The number of halogens is 1. The van der Waals surface area contributed by atoms with E-state index in [2.05, 4.69) is 26.6 Å². The molecule has 0 bridgehead atoms. The first-order valence-corrected chi connectivity index (χ1v) is 15.2. The first-order chi connectivity index (χ1) is 20.7. The number of nitrogens with one attached hydrogen (secondary N) is 2. The van der Waals surface area contributed by atoms with Crippen LogP contribution in [0.3, 0.4) is 0 Å². The Bertz CT molecular complexity index is 1720. The zero-order chi connectivity index (χ0) is 30.5. The van der Waals surface area contributed by atoms with Crippen molar-refractivity contribution in [2.24, 2.45) is 0 Å². The van der Waals surface area contributed by atoms with Gasteiger partial charge in [0.05, 0.1) is 10.9 Å². The van der Waals surface area contributed by atoms with Gasteiger partial charge in [0.2, 0.25) is 11.8 Å². The van der Waals surface area contributed by atoms with E-state index in [0.717, 1.165) is 26.1 Å². The van der Waals surface area contributed by atoms with Crippen molar-refractivity contribution in [2.75, 3.05) is 10.2 Å². The predicted molar refractivity (Wildman–Crippen MR) is 174 cm³/mol. The SMILES string of the molecule is Cc1cccc(C)c1N1C(=O)CC(Sc2ccc(NC(=O)/C(=C/c3cccc(Br)c3)NC(=O)c3ccccc3)cc2)C1=O. The van der Waals surface area contributed by atoms with Crippen molar-refractivity contribution in [3.8, 4) is 0 Å². The molecule has 4 aromatic carbocycles. The molecular weight excluding hydrogens is 626 g/mol. The number of para-hydroxylation sites is 1. The van der Waals surface area contributed by atoms with Gasteiger partial charge in [-0.1, -0.05) is 64.5 Å². The molecule has 1 atom stereocenters. The van der Waals surface area contributed by atoms with Crippen molar-refractivity contribution >= 4 is 68.8 Å². The molecule has 0 radical (unpaired) electrons. The molecule has 4 aromatic rings. The van der Waals surface area contributed by atoms with E-state index < -0.39 is 17.1 Å². The number of hydrogen-bond donors (Lipinski definition) is 2. The summed E-state index contributed by atoms with van der Waals surface area (Å²) < 4.78 is 0.836. The molecule has 0 saturated carbocycles. The van der Waals surface area contributed by atoms with Crippen LogP contribution in [0.15, 0.2) is 112 Å². The summed E-state index contributed by atoms with van der Waals surface area (Å²) in [5.41, 5.74) is 4.14. The average molecular weight is 655 g/mol. The largest absolute Gasteiger partial charge is 0.321 e. The van der Waals surface area contributed by atoms with Crippen LogP contribution in [0.25, 0.3) is 6.08 Å². The molecular formula is C34H28BrN3O4S. The molecule has 216 valence electrons. The van der Waals surface area contributed by atoms with E-state index in [1.54, 1.807) is 54.6 Å². The Labute approximate surface area is 262 Å². The lowest BCUT2D eigenvalue weighted by molar-refractivity contribution is -0.121. The van der Waals surface area contributed by atoms with Crippen LogP contribution in [-0.2, 0) is 14.4 Å². The van der Waals surface area contributed by atoms with E-state index in [1.807, 2.05) is 62.4 Å². The zero-order valence-corrected chi connectivity index (χ0v) is 25.9. The summed E-state index contributed by atoms with van der Waals surface area (Å²) >= 11 is 4.75. The maximum Gasteiger partial charge on any atom is 0.272 e. The highest BCUT2D eigenvalue weighted by Crippen LogP contribution is 2.36. The molecule has 2 N–H and O–H groups in total. The second-order valence-corrected chi connectivity index (χ2v) is 12.2. The number of imide groups is 1. The minimum Gasteiger partial charge on any atom is -0.321 e. The fourth-order valence-corrected chi connectivity index (χ4v) is 6.25. The molecule has 9 heteroatoms. The molecule has 4 amide bonds. The number of aryl methyl sites for hydroxylation is 2. The normalized spacial score (nSPS) is 15.0. The van der Waals surface area contributed by atoms with Gasteiger partial charge in [0.15, 0.2) is 0 Å². The van der Waals surface area contributed by atoms with Gasteiger partial charge in [-0.25, -0.2) is 4.90 Å². The number of carbonyl (C=O) groups is 4. The van der Waals surface area contributed by atoms with Gasteiger partial charge in [-0.2, -0.15) is 0 Å². The van der Waals surface area contributed by atoms with Crippen molar-refractivity contribution in [3.05, 3.63) is 129 Å². The lowest BCUT2D eigenvalue weighted by Crippen LogP contribution is -2.32. The average Bonchev–Trinajstić information content (AvgIpc) is 3.26. The third-order valence-electron chi connectivity index (χ3n) is 6.85. The molecule has 7 nitrogen and oxygen atoms in total.